The van der Waals surface area contributed by atoms with Gasteiger partial charge in [0.15, 0.2) is 5.58 Å². The molecule has 1 amide bonds. The molecule has 164 valence electrons. The summed E-state index contributed by atoms with van der Waals surface area (Å²) in [5.74, 6) is -0.921. The zero-order valence-electron chi connectivity index (χ0n) is 17.3. The maximum Gasteiger partial charge on any atom is 0.420 e. The lowest BCUT2D eigenvalue weighted by atomic mass is 10.2. The van der Waals surface area contributed by atoms with Crippen LogP contribution < -0.4 is 11.1 Å². The van der Waals surface area contributed by atoms with Crippen LogP contribution in [0, 0.1) is 0 Å². The Labute approximate surface area is 180 Å². The smallest absolute Gasteiger partial charge is 0.408 e. The minimum absolute atomic E-state index is 0.220. The Kier molecular flexibility index (Phi) is 5.97. The highest BCUT2D eigenvalue weighted by Gasteiger charge is 2.26. The molecule has 1 N–H and O–H groups in total. The number of hydrogen-bond donors (Lipinski definition) is 1. The number of benzene rings is 2. The molecule has 1 aromatic heterocycles. The molecule has 0 spiro atoms. The van der Waals surface area contributed by atoms with E-state index in [2.05, 4.69) is 5.32 Å². The summed E-state index contributed by atoms with van der Waals surface area (Å²) in [5, 5.41) is 2.80. The largest absolute Gasteiger partial charge is 0.420 e. The summed E-state index contributed by atoms with van der Waals surface area (Å²) < 4.78 is 33.5. The molecule has 0 radical (unpaired) electrons. The summed E-state index contributed by atoms with van der Waals surface area (Å²) >= 11 is 0. The van der Waals surface area contributed by atoms with Gasteiger partial charge in [-0.25, -0.2) is 13.2 Å². The minimum atomic E-state index is -3.48. The van der Waals surface area contributed by atoms with E-state index < -0.39 is 21.8 Å². The topological polar surface area (TPSA) is 102 Å². The van der Waals surface area contributed by atoms with Crippen molar-refractivity contribution in [3.05, 3.63) is 64.6 Å². The van der Waals surface area contributed by atoms with Crippen LogP contribution in [0.4, 0.5) is 0 Å². The zero-order valence-corrected chi connectivity index (χ0v) is 18.1. The Hall–Kier alpha value is -2.91. The average molecular weight is 444 g/mol. The highest BCUT2D eigenvalue weighted by Crippen LogP contribution is 2.21. The Morgan fingerprint density at radius 2 is 1.74 bits per heavy atom. The van der Waals surface area contributed by atoms with E-state index >= 15 is 0 Å². The lowest BCUT2D eigenvalue weighted by Gasteiger charge is -2.25. The van der Waals surface area contributed by atoms with E-state index in [1.54, 1.807) is 55.5 Å². The number of nitrogens with one attached hydrogen (secondary N) is 1. The van der Waals surface area contributed by atoms with Crippen LogP contribution in [0.2, 0.25) is 0 Å². The Morgan fingerprint density at radius 3 is 2.45 bits per heavy atom. The number of rotatable bonds is 6. The van der Waals surface area contributed by atoms with Crippen LogP contribution in [0.1, 0.15) is 37.8 Å². The SMILES string of the molecule is C[C@H](C(=O)NCc1ccc(S(=O)(=O)N2CCCCC2)cc1)n1c(=O)oc2ccccc21. The lowest BCUT2D eigenvalue weighted by molar-refractivity contribution is -0.124. The number of piperidine rings is 1. The maximum atomic E-state index is 12.7. The molecule has 9 heteroatoms. The summed E-state index contributed by atoms with van der Waals surface area (Å²) in [7, 11) is -3.48. The fraction of sp³-hybridized carbons (Fsp3) is 0.364. The number of carbonyl (C=O) groups excluding carboxylic acids is 1. The number of oxazole rings is 1. The second-order valence-electron chi connectivity index (χ2n) is 7.71. The van der Waals surface area contributed by atoms with Crippen molar-refractivity contribution < 1.29 is 17.6 Å². The number of hydrogen-bond acceptors (Lipinski definition) is 5. The molecule has 2 heterocycles. The molecule has 31 heavy (non-hydrogen) atoms. The Bertz CT molecular complexity index is 1240. The fourth-order valence-corrected chi connectivity index (χ4v) is 5.36. The Balaban J connectivity index is 1.42. The molecule has 0 aliphatic carbocycles. The van der Waals surface area contributed by atoms with E-state index in [1.807, 2.05) is 0 Å². The number of sulfonamides is 1. The summed E-state index contributed by atoms with van der Waals surface area (Å²) in [6.07, 6.45) is 2.83. The first-order valence-corrected chi connectivity index (χ1v) is 11.8. The normalized spacial score (nSPS) is 16.3. The van der Waals surface area contributed by atoms with Gasteiger partial charge in [0, 0.05) is 19.6 Å². The summed E-state index contributed by atoms with van der Waals surface area (Å²) in [4.78, 5) is 25.1. The predicted molar refractivity (Wildman–Crippen MR) is 116 cm³/mol. The van der Waals surface area contributed by atoms with Gasteiger partial charge in [0.25, 0.3) is 0 Å². The second-order valence-corrected chi connectivity index (χ2v) is 9.65. The van der Waals surface area contributed by atoms with Crippen molar-refractivity contribution in [2.75, 3.05) is 13.1 Å². The van der Waals surface area contributed by atoms with Crippen LogP contribution in [0.3, 0.4) is 0 Å². The molecular formula is C22H25N3O5S. The third-order valence-electron chi connectivity index (χ3n) is 5.63. The molecule has 1 atom stereocenters. The highest BCUT2D eigenvalue weighted by molar-refractivity contribution is 7.89. The molecule has 1 fully saturated rings. The van der Waals surface area contributed by atoms with E-state index in [9.17, 15) is 18.0 Å². The first kappa shape index (κ1) is 21.3. The van der Waals surface area contributed by atoms with Gasteiger partial charge < -0.3 is 9.73 Å². The van der Waals surface area contributed by atoms with Crippen LogP contribution >= 0.6 is 0 Å². The summed E-state index contributed by atoms with van der Waals surface area (Å²) in [6, 6.07) is 12.7. The van der Waals surface area contributed by atoms with E-state index in [1.165, 1.54) is 8.87 Å². The van der Waals surface area contributed by atoms with Crippen LogP contribution in [0.5, 0.6) is 0 Å². The van der Waals surface area contributed by atoms with Crippen molar-refractivity contribution in [1.29, 1.82) is 0 Å². The van der Waals surface area contributed by atoms with Crippen molar-refractivity contribution in [3.63, 3.8) is 0 Å². The van der Waals surface area contributed by atoms with Gasteiger partial charge in [-0.2, -0.15) is 4.31 Å². The van der Waals surface area contributed by atoms with Crippen LogP contribution in [-0.2, 0) is 21.4 Å². The minimum Gasteiger partial charge on any atom is -0.408 e. The van der Waals surface area contributed by atoms with Gasteiger partial charge in [-0.15, -0.1) is 0 Å². The molecule has 0 bridgehead atoms. The van der Waals surface area contributed by atoms with Crippen LogP contribution in [0.25, 0.3) is 11.1 Å². The molecule has 0 unspecified atom stereocenters. The number of aromatic nitrogens is 1. The molecule has 4 rings (SSSR count). The van der Waals surface area contributed by atoms with Crippen molar-refractivity contribution in [3.8, 4) is 0 Å². The standard InChI is InChI=1S/C22H25N3O5S/c1-16(25-19-7-3-4-8-20(19)30-22(25)27)21(26)23-15-17-9-11-18(12-10-17)31(28,29)24-13-5-2-6-14-24/h3-4,7-12,16H,2,5-6,13-15H2,1H3,(H,23,26)/t16-/m1/s1. The predicted octanol–water partition coefficient (Wildman–Crippen LogP) is 2.65. The molecule has 2 aromatic carbocycles. The van der Waals surface area contributed by atoms with Gasteiger partial charge >= 0.3 is 5.76 Å². The quantitative estimate of drug-likeness (QED) is 0.631. The van der Waals surface area contributed by atoms with E-state index in [0.29, 0.717) is 24.2 Å². The Morgan fingerprint density at radius 1 is 1.06 bits per heavy atom. The van der Waals surface area contributed by atoms with Crippen molar-refractivity contribution in [2.45, 2.75) is 43.7 Å². The zero-order chi connectivity index (χ0) is 22.0. The summed E-state index contributed by atoms with van der Waals surface area (Å²) in [6.45, 7) is 2.96. The van der Waals surface area contributed by atoms with E-state index in [0.717, 1.165) is 24.8 Å². The number of amides is 1. The van der Waals surface area contributed by atoms with Crippen LogP contribution in [0.15, 0.2) is 62.6 Å². The van der Waals surface area contributed by atoms with Gasteiger partial charge in [0.05, 0.1) is 10.4 Å². The van der Waals surface area contributed by atoms with E-state index in [4.69, 9.17) is 4.42 Å². The summed E-state index contributed by atoms with van der Waals surface area (Å²) in [5.41, 5.74) is 1.75. The van der Waals surface area contributed by atoms with Gasteiger partial charge in [-0.1, -0.05) is 30.7 Å². The molecule has 3 aromatic rings. The van der Waals surface area contributed by atoms with Gasteiger partial charge in [-0.05, 0) is 49.6 Å². The fourth-order valence-electron chi connectivity index (χ4n) is 3.84. The van der Waals surface area contributed by atoms with Crippen LogP contribution in [-0.4, -0.2) is 36.3 Å². The van der Waals surface area contributed by atoms with E-state index in [-0.39, 0.29) is 17.3 Å². The van der Waals surface area contributed by atoms with Crippen molar-refractivity contribution in [1.82, 2.24) is 14.2 Å². The second kappa shape index (κ2) is 8.68. The maximum absolute atomic E-state index is 12.7. The third kappa shape index (κ3) is 4.28. The molecular weight excluding hydrogens is 418 g/mol. The number of para-hydroxylation sites is 2. The number of nitrogens with zero attached hydrogens (tertiary/aromatic N) is 2. The van der Waals surface area contributed by atoms with Crippen molar-refractivity contribution in [2.24, 2.45) is 0 Å². The highest BCUT2D eigenvalue weighted by atomic mass is 32.2. The molecule has 0 saturated carbocycles. The lowest BCUT2D eigenvalue weighted by Crippen LogP contribution is -2.35. The third-order valence-corrected chi connectivity index (χ3v) is 7.54. The average Bonchev–Trinajstić information content (AvgIpc) is 3.13. The van der Waals surface area contributed by atoms with Gasteiger partial charge in [0.1, 0.15) is 6.04 Å². The monoisotopic (exact) mass is 443 g/mol. The molecule has 1 saturated heterocycles. The first-order chi connectivity index (χ1) is 14.9. The molecule has 1 aliphatic rings. The number of carbonyl (C=O) groups is 1. The van der Waals surface area contributed by atoms with Gasteiger partial charge in [0.2, 0.25) is 15.9 Å². The first-order valence-electron chi connectivity index (χ1n) is 10.3. The van der Waals surface area contributed by atoms with Crippen molar-refractivity contribution >= 4 is 27.0 Å². The number of fused-ring (bicyclic) bond motifs is 1. The van der Waals surface area contributed by atoms with Gasteiger partial charge in [-0.3, -0.25) is 9.36 Å². The molecule has 8 nitrogen and oxygen atoms in total. The molecule has 1 aliphatic heterocycles.